The van der Waals surface area contributed by atoms with Crippen molar-refractivity contribution in [1.29, 1.82) is 0 Å². The van der Waals surface area contributed by atoms with E-state index in [1.807, 2.05) is 13.8 Å². The molecule has 2 N–H and O–H groups in total. The molecule has 0 bridgehead atoms. The first-order valence-electron chi connectivity index (χ1n) is 5.67. The molecule has 2 rings (SSSR count). The maximum absolute atomic E-state index is 13.1. The SMILES string of the molecule is CC(C)c1ccc(-c2cc(O)nc(F)c2)cc1O. The molecular formula is C14H14FNO2. The Morgan fingerprint density at radius 1 is 1.06 bits per heavy atom. The van der Waals surface area contributed by atoms with Crippen molar-refractivity contribution in [2.45, 2.75) is 19.8 Å². The van der Waals surface area contributed by atoms with Crippen LogP contribution in [0.2, 0.25) is 0 Å². The second-order valence-corrected chi connectivity index (χ2v) is 4.47. The van der Waals surface area contributed by atoms with Crippen LogP contribution in [0.25, 0.3) is 11.1 Å². The molecule has 2 aromatic rings. The lowest BCUT2D eigenvalue weighted by molar-refractivity contribution is 0.436. The molecule has 1 aromatic heterocycles. The van der Waals surface area contributed by atoms with Crippen LogP contribution in [0, 0.1) is 5.95 Å². The summed E-state index contributed by atoms with van der Waals surface area (Å²) in [6.07, 6.45) is 0. The number of aromatic nitrogens is 1. The Labute approximate surface area is 105 Å². The summed E-state index contributed by atoms with van der Waals surface area (Å²) in [7, 11) is 0. The first kappa shape index (κ1) is 12.4. The van der Waals surface area contributed by atoms with Crippen LogP contribution in [0.15, 0.2) is 30.3 Å². The van der Waals surface area contributed by atoms with Crippen molar-refractivity contribution < 1.29 is 14.6 Å². The summed E-state index contributed by atoms with van der Waals surface area (Å²) < 4.78 is 13.1. The van der Waals surface area contributed by atoms with Crippen LogP contribution in [0.3, 0.4) is 0 Å². The predicted octanol–water partition coefficient (Wildman–Crippen LogP) is 3.42. The monoisotopic (exact) mass is 247 g/mol. The summed E-state index contributed by atoms with van der Waals surface area (Å²) >= 11 is 0. The Morgan fingerprint density at radius 3 is 2.33 bits per heavy atom. The number of hydrogen-bond donors (Lipinski definition) is 2. The average Bonchev–Trinajstić information content (AvgIpc) is 2.26. The summed E-state index contributed by atoms with van der Waals surface area (Å²) in [4.78, 5) is 3.25. The highest BCUT2D eigenvalue weighted by molar-refractivity contribution is 5.66. The third kappa shape index (κ3) is 2.42. The van der Waals surface area contributed by atoms with Crippen molar-refractivity contribution in [1.82, 2.24) is 4.98 Å². The average molecular weight is 247 g/mol. The Hall–Kier alpha value is -2.10. The van der Waals surface area contributed by atoms with Crippen molar-refractivity contribution in [3.63, 3.8) is 0 Å². The van der Waals surface area contributed by atoms with Gasteiger partial charge in [-0.2, -0.15) is 9.37 Å². The predicted molar refractivity (Wildman–Crippen MR) is 67.0 cm³/mol. The van der Waals surface area contributed by atoms with Crippen LogP contribution in [0.5, 0.6) is 11.6 Å². The molecule has 0 radical (unpaired) electrons. The van der Waals surface area contributed by atoms with E-state index >= 15 is 0 Å². The van der Waals surface area contributed by atoms with Crippen LogP contribution in [-0.2, 0) is 0 Å². The first-order valence-corrected chi connectivity index (χ1v) is 5.67. The van der Waals surface area contributed by atoms with Crippen LogP contribution in [0.1, 0.15) is 25.3 Å². The fourth-order valence-electron chi connectivity index (χ4n) is 1.86. The van der Waals surface area contributed by atoms with Gasteiger partial charge in [0.2, 0.25) is 11.8 Å². The van der Waals surface area contributed by atoms with Crippen LogP contribution in [0.4, 0.5) is 4.39 Å². The lowest BCUT2D eigenvalue weighted by atomic mass is 9.98. The topological polar surface area (TPSA) is 53.4 Å². The van der Waals surface area contributed by atoms with E-state index in [0.717, 1.165) is 5.56 Å². The van der Waals surface area contributed by atoms with Gasteiger partial charge in [0.15, 0.2) is 0 Å². The van der Waals surface area contributed by atoms with Gasteiger partial charge in [0.1, 0.15) is 5.75 Å². The second kappa shape index (κ2) is 4.64. The summed E-state index contributed by atoms with van der Waals surface area (Å²) in [6.45, 7) is 3.96. The maximum atomic E-state index is 13.1. The Kier molecular flexibility index (Phi) is 3.19. The number of aromatic hydroxyl groups is 2. The van der Waals surface area contributed by atoms with E-state index in [-0.39, 0.29) is 17.5 Å². The molecule has 0 unspecified atom stereocenters. The quantitative estimate of drug-likeness (QED) is 0.799. The highest BCUT2D eigenvalue weighted by Crippen LogP contribution is 2.31. The smallest absolute Gasteiger partial charge is 0.216 e. The number of pyridine rings is 1. The molecule has 1 heterocycles. The van der Waals surface area contributed by atoms with E-state index in [0.29, 0.717) is 11.1 Å². The van der Waals surface area contributed by atoms with Gasteiger partial charge in [0, 0.05) is 12.1 Å². The molecule has 0 saturated carbocycles. The largest absolute Gasteiger partial charge is 0.508 e. The molecule has 18 heavy (non-hydrogen) atoms. The third-order valence-electron chi connectivity index (χ3n) is 2.77. The molecule has 4 heteroatoms. The summed E-state index contributed by atoms with van der Waals surface area (Å²) in [5.74, 6) is -0.754. The third-order valence-corrected chi connectivity index (χ3v) is 2.77. The van der Waals surface area contributed by atoms with Gasteiger partial charge in [0.25, 0.3) is 0 Å². The normalized spacial score (nSPS) is 10.9. The number of rotatable bonds is 2. The Bertz CT molecular complexity index is 562. The van der Waals surface area contributed by atoms with Crippen molar-refractivity contribution in [2.24, 2.45) is 0 Å². The lowest BCUT2D eigenvalue weighted by Gasteiger charge is -2.10. The lowest BCUT2D eigenvalue weighted by Crippen LogP contribution is -1.90. The zero-order valence-electron chi connectivity index (χ0n) is 10.2. The van der Waals surface area contributed by atoms with Crippen molar-refractivity contribution in [2.75, 3.05) is 0 Å². The molecule has 0 aliphatic rings. The van der Waals surface area contributed by atoms with Gasteiger partial charge in [-0.25, -0.2) is 0 Å². The minimum atomic E-state index is -0.752. The molecule has 3 nitrogen and oxygen atoms in total. The molecule has 0 aliphatic carbocycles. The molecule has 0 spiro atoms. The fourth-order valence-corrected chi connectivity index (χ4v) is 1.86. The molecule has 0 saturated heterocycles. The highest BCUT2D eigenvalue weighted by atomic mass is 19.1. The summed E-state index contributed by atoms with van der Waals surface area (Å²) in [6, 6.07) is 7.70. The van der Waals surface area contributed by atoms with E-state index in [2.05, 4.69) is 4.98 Å². The Morgan fingerprint density at radius 2 is 1.78 bits per heavy atom. The van der Waals surface area contributed by atoms with Crippen molar-refractivity contribution in [3.05, 3.63) is 41.8 Å². The van der Waals surface area contributed by atoms with E-state index in [1.165, 1.54) is 12.1 Å². The number of phenolic OH excluding ortho intramolecular Hbond substituents is 1. The van der Waals surface area contributed by atoms with E-state index in [1.54, 1.807) is 18.2 Å². The first-order chi connectivity index (χ1) is 8.47. The van der Waals surface area contributed by atoms with Gasteiger partial charge in [-0.1, -0.05) is 26.0 Å². The molecule has 1 aromatic carbocycles. The number of hydrogen-bond acceptors (Lipinski definition) is 3. The maximum Gasteiger partial charge on any atom is 0.216 e. The zero-order chi connectivity index (χ0) is 13.3. The highest BCUT2D eigenvalue weighted by Gasteiger charge is 2.09. The molecule has 0 atom stereocenters. The van der Waals surface area contributed by atoms with Gasteiger partial charge >= 0.3 is 0 Å². The number of nitrogens with zero attached hydrogens (tertiary/aromatic N) is 1. The number of halogens is 1. The number of benzene rings is 1. The van der Waals surface area contributed by atoms with Gasteiger partial charge in [-0.3, -0.25) is 0 Å². The van der Waals surface area contributed by atoms with Crippen LogP contribution < -0.4 is 0 Å². The van der Waals surface area contributed by atoms with Gasteiger partial charge in [-0.05, 0) is 28.7 Å². The van der Waals surface area contributed by atoms with Crippen molar-refractivity contribution in [3.8, 4) is 22.8 Å². The van der Waals surface area contributed by atoms with E-state index in [4.69, 9.17) is 0 Å². The molecule has 0 aliphatic heterocycles. The number of phenols is 1. The molecule has 0 fully saturated rings. The molecular weight excluding hydrogens is 233 g/mol. The van der Waals surface area contributed by atoms with Gasteiger partial charge in [0.05, 0.1) is 0 Å². The van der Waals surface area contributed by atoms with E-state index in [9.17, 15) is 14.6 Å². The molecule has 94 valence electrons. The van der Waals surface area contributed by atoms with Crippen molar-refractivity contribution >= 4 is 0 Å². The minimum absolute atomic E-state index is 0.166. The van der Waals surface area contributed by atoms with E-state index < -0.39 is 5.95 Å². The zero-order valence-corrected chi connectivity index (χ0v) is 10.2. The summed E-state index contributed by atoms with van der Waals surface area (Å²) in [5.41, 5.74) is 1.94. The fraction of sp³-hybridized carbons (Fsp3) is 0.214. The molecule has 0 amide bonds. The second-order valence-electron chi connectivity index (χ2n) is 4.47. The van der Waals surface area contributed by atoms with Crippen LogP contribution >= 0.6 is 0 Å². The summed E-state index contributed by atoms with van der Waals surface area (Å²) in [5, 5.41) is 19.1. The standard InChI is InChI=1S/C14H14FNO2/c1-8(2)11-4-3-9(5-12(11)17)10-6-13(15)16-14(18)7-10/h3-8,17H,1-2H3,(H,16,18). The van der Waals surface area contributed by atoms with Gasteiger partial charge < -0.3 is 10.2 Å². The van der Waals surface area contributed by atoms with Gasteiger partial charge in [-0.15, -0.1) is 0 Å². The van der Waals surface area contributed by atoms with Crippen LogP contribution in [-0.4, -0.2) is 15.2 Å². The minimum Gasteiger partial charge on any atom is -0.508 e. The Balaban J connectivity index is 2.48.